The maximum Gasteiger partial charge on any atom is 0.149 e. The lowest BCUT2D eigenvalue weighted by Gasteiger charge is -2.33. The fourth-order valence-electron chi connectivity index (χ4n) is 5.74. The third-order valence-corrected chi connectivity index (χ3v) is 11.9. The molecular formula is C40H52O4P2. The van der Waals surface area contributed by atoms with Gasteiger partial charge in [0.2, 0.25) is 0 Å². The summed E-state index contributed by atoms with van der Waals surface area (Å²) in [7, 11) is 0.416. The molecule has 0 spiro atoms. The highest BCUT2D eigenvalue weighted by Crippen LogP contribution is 2.45. The maximum atomic E-state index is 6.74. The molecule has 246 valence electrons. The van der Waals surface area contributed by atoms with Gasteiger partial charge in [-0.15, -0.1) is 0 Å². The zero-order chi connectivity index (χ0) is 33.2. The van der Waals surface area contributed by atoms with Gasteiger partial charge >= 0.3 is 0 Å². The smallest absolute Gasteiger partial charge is 0.149 e. The van der Waals surface area contributed by atoms with Gasteiger partial charge < -0.3 is 18.5 Å². The number of rotatable bonds is 17. The lowest BCUT2D eigenvalue weighted by molar-refractivity contribution is 0.134. The van der Waals surface area contributed by atoms with Crippen molar-refractivity contribution in [2.24, 2.45) is 0 Å². The van der Waals surface area contributed by atoms with Crippen LogP contribution in [-0.2, 0) is 22.3 Å². The molecule has 0 heterocycles. The minimum absolute atomic E-state index is 0.208. The summed E-state index contributed by atoms with van der Waals surface area (Å²) < 4.78 is 26.5. The van der Waals surface area contributed by atoms with Crippen molar-refractivity contribution in [1.29, 1.82) is 0 Å². The Morgan fingerprint density at radius 1 is 0.457 bits per heavy atom. The second kappa shape index (κ2) is 16.9. The molecule has 0 N–H and O–H groups in total. The summed E-state index contributed by atoms with van der Waals surface area (Å²) in [4.78, 5) is 0. The summed E-state index contributed by atoms with van der Waals surface area (Å²) >= 11 is 0. The van der Waals surface area contributed by atoms with Crippen LogP contribution >= 0.6 is 17.6 Å². The van der Waals surface area contributed by atoms with Crippen LogP contribution in [0.3, 0.4) is 0 Å². The Bertz CT molecular complexity index is 1400. The number of benzene rings is 4. The van der Waals surface area contributed by atoms with Crippen molar-refractivity contribution >= 4 is 17.6 Å². The second-order valence-corrected chi connectivity index (χ2v) is 15.0. The van der Waals surface area contributed by atoms with E-state index in [2.05, 4.69) is 140 Å². The molecule has 0 aliphatic carbocycles. The van der Waals surface area contributed by atoms with Gasteiger partial charge in [-0.1, -0.05) is 113 Å². The van der Waals surface area contributed by atoms with Gasteiger partial charge in [0, 0.05) is 0 Å². The number of hydrogen-bond acceptors (Lipinski definition) is 4. The number of hydrogen-bond donors (Lipinski definition) is 0. The molecule has 4 nitrogen and oxygen atoms in total. The lowest BCUT2D eigenvalue weighted by atomic mass is 9.96. The highest BCUT2D eigenvalue weighted by atomic mass is 31.1. The topological polar surface area (TPSA) is 36.9 Å². The SMILES string of the molecule is CCC(CC)(Oc1c(C)cccc1C)POCc1ccccc1-c1ccccc1COPC(CC)(CC)Oc1c(C)cccc1C. The van der Waals surface area contributed by atoms with Gasteiger partial charge in [0.25, 0.3) is 0 Å². The Morgan fingerprint density at radius 3 is 1.11 bits per heavy atom. The molecule has 0 fully saturated rings. The van der Waals surface area contributed by atoms with Crippen molar-refractivity contribution in [3.63, 3.8) is 0 Å². The third-order valence-electron chi connectivity index (χ3n) is 8.99. The average Bonchev–Trinajstić information content (AvgIpc) is 3.07. The van der Waals surface area contributed by atoms with E-state index in [-0.39, 0.29) is 28.3 Å². The first-order chi connectivity index (χ1) is 22.2. The zero-order valence-corrected chi connectivity index (χ0v) is 31.0. The molecule has 0 saturated heterocycles. The molecule has 4 aromatic rings. The Hall–Kier alpha value is -2.74. The van der Waals surface area contributed by atoms with Gasteiger partial charge in [-0.05, 0) is 97.9 Å². The predicted molar refractivity (Wildman–Crippen MR) is 198 cm³/mol. The normalized spacial score (nSPS) is 12.4. The highest BCUT2D eigenvalue weighted by Gasteiger charge is 2.32. The van der Waals surface area contributed by atoms with Crippen LogP contribution < -0.4 is 9.47 Å². The van der Waals surface area contributed by atoms with Crippen molar-refractivity contribution in [2.75, 3.05) is 0 Å². The van der Waals surface area contributed by atoms with Gasteiger partial charge in [-0.25, -0.2) is 0 Å². The first-order valence-corrected chi connectivity index (χ1v) is 18.5. The van der Waals surface area contributed by atoms with E-state index in [1.165, 1.54) is 11.1 Å². The monoisotopic (exact) mass is 658 g/mol. The van der Waals surface area contributed by atoms with E-state index in [1.807, 2.05) is 0 Å². The summed E-state index contributed by atoms with van der Waals surface area (Å²) in [5, 5.41) is -0.717. The van der Waals surface area contributed by atoms with Crippen LogP contribution in [0.1, 0.15) is 86.8 Å². The van der Waals surface area contributed by atoms with Crippen LogP contribution in [0.25, 0.3) is 11.1 Å². The lowest BCUT2D eigenvalue weighted by Crippen LogP contribution is -2.30. The van der Waals surface area contributed by atoms with E-state index in [1.54, 1.807) is 0 Å². The largest absolute Gasteiger partial charge is 0.480 e. The summed E-state index contributed by atoms with van der Waals surface area (Å²) in [6.45, 7) is 18.3. The molecule has 0 bridgehead atoms. The summed E-state index contributed by atoms with van der Waals surface area (Å²) in [6, 6.07) is 29.7. The predicted octanol–water partition coefficient (Wildman–Crippen LogP) is 12.0. The molecule has 2 unspecified atom stereocenters. The van der Waals surface area contributed by atoms with Gasteiger partial charge in [-0.3, -0.25) is 0 Å². The molecule has 0 aromatic heterocycles. The Balaban J connectivity index is 1.48. The van der Waals surface area contributed by atoms with Crippen molar-refractivity contribution in [3.05, 3.63) is 118 Å². The molecule has 0 amide bonds. The van der Waals surface area contributed by atoms with Crippen LogP contribution in [-0.4, -0.2) is 10.7 Å². The number of para-hydroxylation sites is 2. The van der Waals surface area contributed by atoms with Gasteiger partial charge in [-0.2, -0.15) is 0 Å². The van der Waals surface area contributed by atoms with E-state index in [9.17, 15) is 0 Å². The summed E-state index contributed by atoms with van der Waals surface area (Å²) in [5.41, 5.74) is 9.31. The van der Waals surface area contributed by atoms with Crippen LogP contribution in [0.2, 0.25) is 0 Å². The standard InChI is InChI=1S/C40H52O4P2/c1-9-39(10-2,43-37-29(5)19-17-20-30(37)6)45-41-27-33-23-13-15-25-35(33)36-26-16-14-24-34(36)28-42-46-40(11-3,12-4)44-38-31(7)21-18-22-32(38)8/h13-26,45-46H,9-12,27-28H2,1-8H3. The van der Waals surface area contributed by atoms with Crippen LogP contribution in [0.5, 0.6) is 11.5 Å². The van der Waals surface area contributed by atoms with Crippen LogP contribution in [0.15, 0.2) is 84.9 Å². The minimum atomic E-state index is -0.359. The Kier molecular flexibility index (Phi) is 13.3. The molecule has 4 aromatic carbocycles. The molecule has 0 radical (unpaired) electrons. The summed E-state index contributed by atoms with van der Waals surface area (Å²) in [6.07, 6.45) is 3.51. The first-order valence-electron chi connectivity index (χ1n) is 16.6. The molecule has 6 heteroatoms. The van der Waals surface area contributed by atoms with Crippen molar-refractivity contribution < 1.29 is 18.5 Å². The van der Waals surface area contributed by atoms with Gasteiger partial charge in [0.05, 0.1) is 30.8 Å². The van der Waals surface area contributed by atoms with E-state index < -0.39 is 0 Å². The maximum absolute atomic E-state index is 6.74. The van der Waals surface area contributed by atoms with Crippen molar-refractivity contribution in [2.45, 2.75) is 105 Å². The fourth-order valence-corrected chi connectivity index (χ4v) is 7.58. The number of aryl methyl sites for hydroxylation is 4. The minimum Gasteiger partial charge on any atom is -0.480 e. The zero-order valence-electron chi connectivity index (χ0n) is 29.0. The van der Waals surface area contributed by atoms with Gasteiger partial charge in [0.15, 0.2) is 0 Å². The third kappa shape index (κ3) is 8.78. The van der Waals surface area contributed by atoms with Crippen molar-refractivity contribution in [3.8, 4) is 22.6 Å². The van der Waals surface area contributed by atoms with Gasteiger partial charge in [0.1, 0.15) is 22.2 Å². The van der Waals surface area contributed by atoms with E-state index in [0.717, 1.165) is 70.6 Å². The van der Waals surface area contributed by atoms with Crippen LogP contribution in [0.4, 0.5) is 0 Å². The van der Waals surface area contributed by atoms with Crippen LogP contribution in [0, 0.1) is 27.7 Å². The Morgan fingerprint density at radius 2 is 0.783 bits per heavy atom. The molecule has 2 atom stereocenters. The molecule has 0 saturated carbocycles. The van der Waals surface area contributed by atoms with E-state index in [4.69, 9.17) is 18.5 Å². The van der Waals surface area contributed by atoms with E-state index >= 15 is 0 Å². The molecule has 0 aliphatic rings. The highest BCUT2D eigenvalue weighted by molar-refractivity contribution is 7.34. The Labute approximate surface area is 281 Å². The molecular weight excluding hydrogens is 606 g/mol. The van der Waals surface area contributed by atoms with E-state index in [0.29, 0.717) is 13.2 Å². The first kappa shape index (κ1) is 36.1. The quantitative estimate of drug-likeness (QED) is 0.106. The number of ether oxygens (including phenoxy) is 2. The summed E-state index contributed by atoms with van der Waals surface area (Å²) in [5.74, 6) is 1.96. The van der Waals surface area contributed by atoms with Crippen molar-refractivity contribution in [1.82, 2.24) is 0 Å². The molecule has 4 rings (SSSR count). The fraction of sp³-hybridized carbons (Fsp3) is 0.400. The average molecular weight is 659 g/mol. The molecule has 46 heavy (non-hydrogen) atoms. The molecule has 0 aliphatic heterocycles. The second-order valence-electron chi connectivity index (χ2n) is 12.1.